The predicted octanol–water partition coefficient (Wildman–Crippen LogP) is 2.82. The summed E-state index contributed by atoms with van der Waals surface area (Å²) in [4.78, 5) is 20.9. The molecule has 2 aromatic heterocycles. The first-order valence-electron chi connectivity index (χ1n) is 7.43. The van der Waals surface area contributed by atoms with E-state index >= 15 is 0 Å². The van der Waals surface area contributed by atoms with Crippen LogP contribution in [0.4, 0.5) is 5.95 Å². The molecule has 0 bridgehead atoms. The first kappa shape index (κ1) is 14.3. The van der Waals surface area contributed by atoms with Crippen molar-refractivity contribution in [2.24, 2.45) is 7.05 Å². The maximum absolute atomic E-state index is 12.3. The lowest BCUT2D eigenvalue weighted by Crippen LogP contribution is -2.16. The van der Waals surface area contributed by atoms with Gasteiger partial charge in [-0.1, -0.05) is 25.5 Å². The van der Waals surface area contributed by atoms with Crippen LogP contribution in [0.25, 0.3) is 11.0 Å². The Kier molecular flexibility index (Phi) is 3.91. The van der Waals surface area contributed by atoms with Crippen molar-refractivity contribution in [1.29, 1.82) is 0 Å². The van der Waals surface area contributed by atoms with Gasteiger partial charge in [0.25, 0.3) is 5.91 Å². The number of aryl methyl sites for hydroxylation is 2. The molecule has 6 heteroatoms. The van der Waals surface area contributed by atoms with E-state index in [9.17, 15) is 4.79 Å². The van der Waals surface area contributed by atoms with Gasteiger partial charge < -0.3 is 9.13 Å². The Hall–Kier alpha value is -2.63. The second-order valence-electron chi connectivity index (χ2n) is 5.31. The van der Waals surface area contributed by atoms with E-state index in [-0.39, 0.29) is 5.91 Å². The van der Waals surface area contributed by atoms with Crippen LogP contribution in [-0.2, 0) is 13.6 Å². The SMILES string of the molecule is CCCCn1c(NC(=O)c2cn(C)cn2)nc2ccccc21. The Labute approximate surface area is 128 Å². The standard InChI is InChI=1S/C16H19N5O/c1-3-4-9-21-14-8-6-5-7-12(14)18-16(21)19-15(22)13-10-20(2)11-17-13/h5-8,10-11H,3-4,9H2,1-2H3,(H,18,19,22). The monoisotopic (exact) mass is 297 g/mol. The van der Waals surface area contributed by atoms with Crippen molar-refractivity contribution in [2.45, 2.75) is 26.3 Å². The molecule has 3 aromatic rings. The number of rotatable bonds is 5. The van der Waals surface area contributed by atoms with Crippen LogP contribution in [0.3, 0.4) is 0 Å². The van der Waals surface area contributed by atoms with Gasteiger partial charge in [-0.25, -0.2) is 9.97 Å². The second kappa shape index (κ2) is 6.01. The lowest BCUT2D eigenvalue weighted by Gasteiger charge is -2.08. The minimum atomic E-state index is -0.242. The average molecular weight is 297 g/mol. The van der Waals surface area contributed by atoms with E-state index in [1.165, 1.54) is 0 Å². The summed E-state index contributed by atoms with van der Waals surface area (Å²) in [7, 11) is 1.83. The summed E-state index contributed by atoms with van der Waals surface area (Å²) in [6.45, 7) is 2.97. The Morgan fingerprint density at radius 3 is 2.86 bits per heavy atom. The van der Waals surface area contributed by atoms with Crippen LogP contribution in [0, 0.1) is 0 Å². The third-order valence-corrected chi connectivity index (χ3v) is 3.55. The molecule has 0 radical (unpaired) electrons. The van der Waals surface area contributed by atoms with Crippen molar-refractivity contribution in [3.8, 4) is 0 Å². The topological polar surface area (TPSA) is 64.7 Å². The molecule has 0 atom stereocenters. The van der Waals surface area contributed by atoms with Crippen LogP contribution in [0.2, 0.25) is 0 Å². The van der Waals surface area contributed by atoms with E-state index in [1.807, 2.05) is 31.3 Å². The van der Waals surface area contributed by atoms with Crippen LogP contribution in [0.1, 0.15) is 30.3 Å². The molecular weight excluding hydrogens is 278 g/mol. The number of carbonyl (C=O) groups excluding carboxylic acids is 1. The van der Waals surface area contributed by atoms with Gasteiger partial charge in [0.05, 0.1) is 17.4 Å². The number of nitrogens with one attached hydrogen (secondary N) is 1. The van der Waals surface area contributed by atoms with E-state index in [1.54, 1.807) is 17.1 Å². The Morgan fingerprint density at radius 1 is 1.32 bits per heavy atom. The van der Waals surface area contributed by atoms with Gasteiger partial charge in [0.2, 0.25) is 5.95 Å². The largest absolute Gasteiger partial charge is 0.340 e. The molecular formula is C16H19N5O. The Bertz CT molecular complexity index is 802. The maximum atomic E-state index is 12.3. The first-order chi connectivity index (χ1) is 10.7. The van der Waals surface area contributed by atoms with Crippen molar-refractivity contribution in [3.05, 3.63) is 42.5 Å². The van der Waals surface area contributed by atoms with Crippen molar-refractivity contribution in [3.63, 3.8) is 0 Å². The van der Waals surface area contributed by atoms with Crippen molar-refractivity contribution in [2.75, 3.05) is 5.32 Å². The summed E-state index contributed by atoms with van der Waals surface area (Å²) >= 11 is 0. The number of imidazole rings is 2. The quantitative estimate of drug-likeness (QED) is 0.787. The van der Waals surface area contributed by atoms with E-state index in [0.717, 1.165) is 30.4 Å². The Balaban J connectivity index is 1.93. The fraction of sp³-hybridized carbons (Fsp3) is 0.312. The van der Waals surface area contributed by atoms with Crippen LogP contribution in [0.15, 0.2) is 36.8 Å². The summed E-state index contributed by atoms with van der Waals surface area (Å²) in [6, 6.07) is 7.91. The number of benzene rings is 1. The zero-order valence-electron chi connectivity index (χ0n) is 12.8. The molecule has 0 aliphatic carbocycles. The molecule has 0 saturated carbocycles. The number of aromatic nitrogens is 4. The van der Waals surface area contributed by atoms with Crippen LogP contribution >= 0.6 is 0 Å². The van der Waals surface area contributed by atoms with E-state index in [0.29, 0.717) is 11.6 Å². The van der Waals surface area contributed by atoms with Crippen LogP contribution in [0.5, 0.6) is 0 Å². The van der Waals surface area contributed by atoms with Gasteiger partial charge in [-0.05, 0) is 18.6 Å². The zero-order chi connectivity index (χ0) is 15.5. The fourth-order valence-electron chi connectivity index (χ4n) is 2.41. The van der Waals surface area contributed by atoms with E-state index < -0.39 is 0 Å². The molecule has 1 amide bonds. The lowest BCUT2D eigenvalue weighted by atomic mass is 10.3. The summed E-state index contributed by atoms with van der Waals surface area (Å²) in [6.07, 6.45) is 5.41. The van der Waals surface area contributed by atoms with Gasteiger partial charge in [0.1, 0.15) is 5.69 Å². The molecule has 1 aromatic carbocycles. The van der Waals surface area contributed by atoms with Crippen LogP contribution in [-0.4, -0.2) is 25.0 Å². The minimum Gasteiger partial charge on any atom is -0.340 e. The highest BCUT2D eigenvalue weighted by molar-refractivity contribution is 6.02. The lowest BCUT2D eigenvalue weighted by molar-refractivity contribution is 0.102. The van der Waals surface area contributed by atoms with Gasteiger partial charge in [-0.2, -0.15) is 0 Å². The van der Waals surface area contributed by atoms with Crippen molar-refractivity contribution in [1.82, 2.24) is 19.1 Å². The highest BCUT2D eigenvalue weighted by atomic mass is 16.2. The van der Waals surface area contributed by atoms with E-state index in [4.69, 9.17) is 0 Å². The molecule has 0 fully saturated rings. The number of anilines is 1. The molecule has 0 aliphatic rings. The van der Waals surface area contributed by atoms with E-state index in [2.05, 4.69) is 26.8 Å². The second-order valence-corrected chi connectivity index (χ2v) is 5.31. The summed E-state index contributed by atoms with van der Waals surface area (Å²) in [5.41, 5.74) is 2.30. The van der Waals surface area contributed by atoms with Crippen molar-refractivity contribution < 1.29 is 4.79 Å². The highest BCUT2D eigenvalue weighted by Crippen LogP contribution is 2.20. The van der Waals surface area contributed by atoms with Gasteiger partial charge in [0, 0.05) is 19.8 Å². The van der Waals surface area contributed by atoms with Crippen molar-refractivity contribution >= 4 is 22.9 Å². The molecule has 0 saturated heterocycles. The molecule has 22 heavy (non-hydrogen) atoms. The molecule has 6 nitrogen and oxygen atoms in total. The number of unbranched alkanes of at least 4 members (excludes halogenated alkanes) is 1. The molecule has 1 N–H and O–H groups in total. The third-order valence-electron chi connectivity index (χ3n) is 3.55. The molecule has 114 valence electrons. The zero-order valence-corrected chi connectivity index (χ0v) is 12.8. The Morgan fingerprint density at radius 2 is 2.14 bits per heavy atom. The molecule has 3 rings (SSSR count). The van der Waals surface area contributed by atoms with Crippen LogP contribution < -0.4 is 5.32 Å². The number of nitrogens with zero attached hydrogens (tertiary/aromatic N) is 4. The van der Waals surface area contributed by atoms with Gasteiger partial charge >= 0.3 is 0 Å². The predicted molar refractivity (Wildman–Crippen MR) is 85.8 cm³/mol. The number of hydrogen-bond acceptors (Lipinski definition) is 3. The van der Waals surface area contributed by atoms with Gasteiger partial charge in [-0.3, -0.25) is 10.1 Å². The highest BCUT2D eigenvalue weighted by Gasteiger charge is 2.15. The summed E-state index contributed by atoms with van der Waals surface area (Å²) in [5.74, 6) is 0.332. The van der Waals surface area contributed by atoms with Gasteiger partial charge in [-0.15, -0.1) is 0 Å². The maximum Gasteiger partial charge on any atom is 0.278 e. The molecule has 0 aliphatic heterocycles. The number of amides is 1. The summed E-state index contributed by atoms with van der Waals surface area (Å²) in [5, 5.41) is 2.88. The first-order valence-corrected chi connectivity index (χ1v) is 7.43. The molecule has 0 unspecified atom stereocenters. The number of carbonyl (C=O) groups is 1. The number of fused-ring (bicyclic) bond motifs is 1. The normalized spacial score (nSPS) is 11.0. The number of para-hydroxylation sites is 2. The molecule has 0 spiro atoms. The summed E-state index contributed by atoms with van der Waals surface area (Å²) < 4.78 is 3.80. The minimum absolute atomic E-state index is 0.242. The smallest absolute Gasteiger partial charge is 0.278 e. The number of hydrogen-bond donors (Lipinski definition) is 1. The molecule has 2 heterocycles. The average Bonchev–Trinajstić information content (AvgIpc) is 3.09. The fourth-order valence-corrected chi connectivity index (χ4v) is 2.41. The third kappa shape index (κ3) is 2.72. The van der Waals surface area contributed by atoms with Gasteiger partial charge in [0.15, 0.2) is 0 Å².